The van der Waals surface area contributed by atoms with Gasteiger partial charge in [-0.3, -0.25) is 4.79 Å². The monoisotopic (exact) mass is 289 g/mol. The van der Waals surface area contributed by atoms with Gasteiger partial charge in [0.15, 0.2) is 0 Å². The van der Waals surface area contributed by atoms with Crippen LogP contribution in [0.25, 0.3) is 10.6 Å². The van der Waals surface area contributed by atoms with Crippen LogP contribution < -0.4 is 11.1 Å². The maximum absolute atomic E-state index is 12.1. The van der Waals surface area contributed by atoms with E-state index in [1.54, 1.807) is 17.5 Å². The third-order valence-electron chi connectivity index (χ3n) is 3.10. The summed E-state index contributed by atoms with van der Waals surface area (Å²) in [5.41, 5.74) is 7.45. The third kappa shape index (κ3) is 3.65. The normalized spacial score (nSPS) is 12.1. The topological polar surface area (TPSA) is 68.0 Å². The summed E-state index contributed by atoms with van der Waals surface area (Å²) in [4.78, 5) is 16.4. The first-order valence-electron chi connectivity index (χ1n) is 6.75. The first-order chi connectivity index (χ1) is 9.74. The van der Waals surface area contributed by atoms with E-state index in [1.165, 1.54) is 0 Å². The molecule has 0 bridgehead atoms. The minimum absolute atomic E-state index is 0.00867. The number of nitrogens with zero attached hydrogens (tertiary/aromatic N) is 1. The van der Waals surface area contributed by atoms with Crippen LogP contribution in [0.2, 0.25) is 0 Å². The maximum atomic E-state index is 12.1. The number of amides is 1. The van der Waals surface area contributed by atoms with Gasteiger partial charge in [0.1, 0.15) is 5.01 Å². The number of anilines is 1. The second-order valence-corrected chi connectivity index (χ2v) is 5.52. The van der Waals surface area contributed by atoms with E-state index in [0.29, 0.717) is 6.54 Å². The van der Waals surface area contributed by atoms with Crippen LogP contribution in [0.4, 0.5) is 5.69 Å². The minimum atomic E-state index is -0.122. The number of thiazole rings is 1. The standard InChI is InChI=1S/C15H19N3OS/c1-2-4-12(10-16)14(19)18-13-6-3-5-11(9-13)15-17-7-8-20-15/h3,5-9,12H,2,4,10,16H2,1H3,(H,18,19). The molecule has 0 saturated carbocycles. The molecule has 1 atom stereocenters. The van der Waals surface area contributed by atoms with E-state index in [-0.39, 0.29) is 11.8 Å². The van der Waals surface area contributed by atoms with Gasteiger partial charge < -0.3 is 11.1 Å². The van der Waals surface area contributed by atoms with E-state index >= 15 is 0 Å². The lowest BCUT2D eigenvalue weighted by Crippen LogP contribution is -2.29. The fraction of sp³-hybridized carbons (Fsp3) is 0.333. The van der Waals surface area contributed by atoms with Gasteiger partial charge in [-0.1, -0.05) is 25.5 Å². The highest BCUT2D eigenvalue weighted by Crippen LogP contribution is 2.24. The highest BCUT2D eigenvalue weighted by atomic mass is 32.1. The number of carbonyl (C=O) groups is 1. The van der Waals surface area contributed by atoms with Crippen LogP contribution >= 0.6 is 11.3 Å². The second-order valence-electron chi connectivity index (χ2n) is 4.63. The van der Waals surface area contributed by atoms with Crippen molar-refractivity contribution in [1.82, 2.24) is 4.98 Å². The summed E-state index contributed by atoms with van der Waals surface area (Å²) in [6.45, 7) is 2.44. The zero-order valence-electron chi connectivity index (χ0n) is 11.5. The molecule has 0 aliphatic carbocycles. The maximum Gasteiger partial charge on any atom is 0.228 e. The third-order valence-corrected chi connectivity index (χ3v) is 3.92. The van der Waals surface area contributed by atoms with Gasteiger partial charge in [0, 0.05) is 29.4 Å². The van der Waals surface area contributed by atoms with Gasteiger partial charge in [-0.2, -0.15) is 0 Å². The van der Waals surface area contributed by atoms with Crippen LogP contribution in [0.1, 0.15) is 19.8 Å². The number of rotatable bonds is 6. The molecule has 4 nitrogen and oxygen atoms in total. The molecule has 2 aromatic rings. The van der Waals surface area contributed by atoms with Gasteiger partial charge in [0.2, 0.25) is 5.91 Å². The molecule has 1 aromatic heterocycles. The van der Waals surface area contributed by atoms with Crippen LogP contribution in [0.3, 0.4) is 0 Å². The molecule has 0 fully saturated rings. The van der Waals surface area contributed by atoms with Crippen molar-refractivity contribution in [2.45, 2.75) is 19.8 Å². The van der Waals surface area contributed by atoms with Crippen molar-refractivity contribution in [3.63, 3.8) is 0 Å². The van der Waals surface area contributed by atoms with E-state index in [1.807, 2.05) is 29.6 Å². The largest absolute Gasteiger partial charge is 0.330 e. The highest BCUT2D eigenvalue weighted by molar-refractivity contribution is 7.13. The summed E-state index contributed by atoms with van der Waals surface area (Å²) >= 11 is 1.58. The van der Waals surface area contributed by atoms with Crippen LogP contribution in [0.5, 0.6) is 0 Å². The SMILES string of the molecule is CCCC(CN)C(=O)Nc1cccc(-c2nccs2)c1. The van der Waals surface area contributed by atoms with E-state index in [2.05, 4.69) is 17.2 Å². The first-order valence-corrected chi connectivity index (χ1v) is 7.63. The molecule has 0 radical (unpaired) electrons. The average Bonchev–Trinajstić information content (AvgIpc) is 2.99. The molecule has 0 aliphatic rings. The molecular formula is C15H19N3OS. The molecule has 1 heterocycles. The van der Waals surface area contributed by atoms with E-state index in [0.717, 1.165) is 29.1 Å². The van der Waals surface area contributed by atoms with Gasteiger partial charge in [-0.15, -0.1) is 11.3 Å². The lowest BCUT2D eigenvalue weighted by molar-refractivity contribution is -0.119. The van der Waals surface area contributed by atoms with Gasteiger partial charge in [0.05, 0.1) is 5.92 Å². The van der Waals surface area contributed by atoms with Gasteiger partial charge >= 0.3 is 0 Å². The Kier molecular flexibility index (Phi) is 5.26. The zero-order valence-corrected chi connectivity index (χ0v) is 12.3. The van der Waals surface area contributed by atoms with E-state index < -0.39 is 0 Å². The fourth-order valence-electron chi connectivity index (χ4n) is 2.04. The number of hydrogen-bond acceptors (Lipinski definition) is 4. The number of carbonyl (C=O) groups excluding carboxylic acids is 1. The number of aromatic nitrogens is 1. The summed E-state index contributed by atoms with van der Waals surface area (Å²) in [7, 11) is 0. The number of benzene rings is 1. The molecule has 0 saturated heterocycles. The molecule has 1 amide bonds. The Morgan fingerprint density at radius 1 is 1.50 bits per heavy atom. The smallest absolute Gasteiger partial charge is 0.228 e. The van der Waals surface area contributed by atoms with Crippen LogP contribution in [-0.4, -0.2) is 17.4 Å². The molecule has 20 heavy (non-hydrogen) atoms. The van der Waals surface area contributed by atoms with Gasteiger partial charge in [-0.05, 0) is 18.6 Å². The minimum Gasteiger partial charge on any atom is -0.330 e. The quantitative estimate of drug-likeness (QED) is 0.858. The van der Waals surface area contributed by atoms with Crippen molar-refractivity contribution in [2.24, 2.45) is 11.7 Å². The Hall–Kier alpha value is -1.72. The summed E-state index contributed by atoms with van der Waals surface area (Å²) in [6, 6.07) is 7.73. The first kappa shape index (κ1) is 14.7. The number of nitrogens with two attached hydrogens (primary N) is 1. The Labute approximate surface area is 123 Å². The summed E-state index contributed by atoms with van der Waals surface area (Å²) < 4.78 is 0. The molecule has 0 spiro atoms. The molecule has 3 N–H and O–H groups in total. The van der Waals surface area contributed by atoms with Crippen molar-refractivity contribution in [3.8, 4) is 10.6 Å². The van der Waals surface area contributed by atoms with Crippen molar-refractivity contribution in [1.29, 1.82) is 0 Å². The Balaban J connectivity index is 2.10. The van der Waals surface area contributed by atoms with Crippen LogP contribution in [0.15, 0.2) is 35.8 Å². The predicted molar refractivity (Wildman–Crippen MR) is 83.6 cm³/mol. The Morgan fingerprint density at radius 2 is 2.35 bits per heavy atom. The van der Waals surface area contributed by atoms with Crippen molar-refractivity contribution < 1.29 is 4.79 Å². The highest BCUT2D eigenvalue weighted by Gasteiger charge is 2.15. The van der Waals surface area contributed by atoms with Gasteiger partial charge in [0.25, 0.3) is 0 Å². The summed E-state index contributed by atoms with van der Waals surface area (Å²) in [6.07, 6.45) is 3.54. The lowest BCUT2D eigenvalue weighted by atomic mass is 10.0. The van der Waals surface area contributed by atoms with Gasteiger partial charge in [-0.25, -0.2) is 4.98 Å². The Morgan fingerprint density at radius 3 is 3.00 bits per heavy atom. The summed E-state index contributed by atoms with van der Waals surface area (Å²) in [5.74, 6) is -0.130. The van der Waals surface area contributed by atoms with E-state index in [4.69, 9.17) is 5.73 Å². The molecule has 106 valence electrons. The molecule has 0 aliphatic heterocycles. The second kappa shape index (κ2) is 7.17. The molecular weight excluding hydrogens is 270 g/mol. The predicted octanol–water partition coefficient (Wildman–Crippen LogP) is 3.12. The molecule has 5 heteroatoms. The van der Waals surface area contributed by atoms with Crippen LogP contribution in [-0.2, 0) is 4.79 Å². The molecule has 1 unspecified atom stereocenters. The van der Waals surface area contributed by atoms with Crippen molar-refractivity contribution in [3.05, 3.63) is 35.8 Å². The number of nitrogens with one attached hydrogen (secondary N) is 1. The zero-order chi connectivity index (χ0) is 14.4. The summed E-state index contributed by atoms with van der Waals surface area (Å²) in [5, 5.41) is 5.82. The average molecular weight is 289 g/mol. The fourth-order valence-corrected chi connectivity index (χ4v) is 2.68. The van der Waals surface area contributed by atoms with Crippen LogP contribution in [0, 0.1) is 5.92 Å². The Bertz CT molecular complexity index is 554. The lowest BCUT2D eigenvalue weighted by Gasteiger charge is -2.14. The molecule has 2 rings (SSSR count). The van der Waals surface area contributed by atoms with Crippen molar-refractivity contribution in [2.75, 3.05) is 11.9 Å². The molecule has 1 aromatic carbocycles. The number of hydrogen-bond donors (Lipinski definition) is 2. The van der Waals surface area contributed by atoms with E-state index in [9.17, 15) is 4.79 Å². The van der Waals surface area contributed by atoms with Crippen molar-refractivity contribution >= 4 is 22.9 Å².